The highest BCUT2D eigenvalue weighted by molar-refractivity contribution is 5.90. The molecule has 0 bridgehead atoms. The van der Waals surface area contributed by atoms with Crippen molar-refractivity contribution in [3.05, 3.63) is 58.7 Å². The number of carbonyl (C=O) groups is 2. The van der Waals surface area contributed by atoms with Crippen LogP contribution in [-0.2, 0) is 17.6 Å². The van der Waals surface area contributed by atoms with E-state index in [1.54, 1.807) is 24.3 Å². The predicted octanol–water partition coefficient (Wildman–Crippen LogP) is 5.07. The van der Waals surface area contributed by atoms with Crippen molar-refractivity contribution in [3.8, 4) is 11.5 Å². The first-order valence-corrected chi connectivity index (χ1v) is 10.5. The van der Waals surface area contributed by atoms with Gasteiger partial charge in [0.25, 0.3) is 0 Å². The van der Waals surface area contributed by atoms with E-state index in [4.69, 9.17) is 14.6 Å². The minimum atomic E-state index is -0.886. The lowest BCUT2D eigenvalue weighted by atomic mass is 9.93. The molecule has 2 aliphatic rings. The largest absolute Gasteiger partial charge is 0.488 e. The zero-order valence-electron chi connectivity index (χ0n) is 18.8. The quantitative estimate of drug-likeness (QED) is 0.676. The zero-order chi connectivity index (χ0) is 22.8. The molecule has 0 aliphatic carbocycles. The van der Waals surface area contributed by atoms with Crippen LogP contribution in [0.15, 0.2) is 36.4 Å². The number of carbonyl (C=O) groups excluding carboxylic acids is 1. The van der Waals surface area contributed by atoms with Crippen molar-refractivity contribution in [2.75, 3.05) is 7.11 Å². The van der Waals surface area contributed by atoms with Crippen LogP contribution in [0.5, 0.6) is 11.5 Å². The summed E-state index contributed by atoms with van der Waals surface area (Å²) < 4.78 is 16.3. The maximum Gasteiger partial charge on any atom is 0.337 e. The molecule has 0 unspecified atom stereocenters. The van der Waals surface area contributed by atoms with Gasteiger partial charge in [0.1, 0.15) is 22.7 Å². The summed E-state index contributed by atoms with van der Waals surface area (Å²) in [6.45, 7) is 8.23. The van der Waals surface area contributed by atoms with Gasteiger partial charge in [-0.25, -0.2) is 9.59 Å². The second-order valence-electron chi connectivity index (χ2n) is 9.17. The van der Waals surface area contributed by atoms with Crippen LogP contribution in [0.1, 0.15) is 72.4 Å². The van der Waals surface area contributed by atoms with E-state index in [9.17, 15) is 9.59 Å². The summed E-state index contributed by atoms with van der Waals surface area (Å²) in [7, 11) is 1.39. The molecule has 2 aromatic rings. The van der Waals surface area contributed by atoms with Crippen molar-refractivity contribution in [1.29, 1.82) is 0 Å². The van der Waals surface area contributed by atoms with Crippen LogP contribution in [0.2, 0.25) is 0 Å². The number of aryl methyl sites for hydroxylation is 2. The SMILES string of the molecule is CC1(C)CCc2cc(C(=O)O)ccc2O1.COC(=O)c1ccc2c(c1)CCC(C)(C)O2. The Kier molecular flexibility index (Phi) is 6.30. The van der Waals surface area contributed by atoms with E-state index in [-0.39, 0.29) is 17.2 Å². The third kappa shape index (κ3) is 5.57. The van der Waals surface area contributed by atoms with Crippen molar-refractivity contribution >= 4 is 11.9 Å². The number of esters is 1. The summed E-state index contributed by atoms with van der Waals surface area (Å²) in [6, 6.07) is 10.5. The molecule has 1 N–H and O–H groups in total. The molecule has 6 heteroatoms. The van der Waals surface area contributed by atoms with E-state index in [0.29, 0.717) is 11.1 Å². The van der Waals surface area contributed by atoms with Gasteiger partial charge < -0.3 is 19.3 Å². The standard InChI is InChI=1S/C13H16O3.C12H14O3/c1-13(2)7-6-9-8-10(12(14)15-3)4-5-11(9)16-13;1-12(2)6-5-8-7-9(11(13)14)3-4-10(8)15-12/h4-5,8H,6-7H2,1-3H3;3-4,7H,5-6H2,1-2H3,(H,13,14). The molecule has 0 saturated carbocycles. The molecule has 0 aromatic heterocycles. The number of hydrogen-bond donors (Lipinski definition) is 1. The van der Waals surface area contributed by atoms with Gasteiger partial charge in [0.05, 0.1) is 18.2 Å². The van der Waals surface area contributed by atoms with Crippen LogP contribution in [0, 0.1) is 0 Å². The first-order chi connectivity index (χ1) is 14.5. The Hall–Kier alpha value is -3.02. The second kappa shape index (κ2) is 8.61. The molecule has 0 amide bonds. The van der Waals surface area contributed by atoms with E-state index in [0.717, 1.165) is 48.3 Å². The molecule has 31 heavy (non-hydrogen) atoms. The average molecular weight is 427 g/mol. The summed E-state index contributed by atoms with van der Waals surface area (Å²) in [5.41, 5.74) is 2.75. The number of rotatable bonds is 2. The first kappa shape index (κ1) is 22.7. The highest BCUT2D eigenvalue weighted by Gasteiger charge is 2.28. The molecule has 6 nitrogen and oxygen atoms in total. The van der Waals surface area contributed by atoms with Crippen LogP contribution >= 0.6 is 0 Å². The predicted molar refractivity (Wildman–Crippen MR) is 117 cm³/mol. The fourth-order valence-corrected chi connectivity index (χ4v) is 3.70. The fraction of sp³-hybridized carbons (Fsp3) is 0.440. The number of aromatic carboxylic acids is 1. The Morgan fingerprint density at radius 1 is 0.839 bits per heavy atom. The van der Waals surface area contributed by atoms with Gasteiger partial charge >= 0.3 is 11.9 Å². The Labute approximate surface area is 183 Å². The van der Waals surface area contributed by atoms with Crippen LogP contribution in [0.4, 0.5) is 0 Å². The molecule has 2 heterocycles. The van der Waals surface area contributed by atoms with Gasteiger partial charge in [0.2, 0.25) is 0 Å². The van der Waals surface area contributed by atoms with E-state index in [2.05, 4.69) is 18.6 Å². The molecule has 0 spiro atoms. The van der Waals surface area contributed by atoms with Gasteiger partial charge in [0, 0.05) is 0 Å². The fourth-order valence-electron chi connectivity index (χ4n) is 3.70. The Balaban J connectivity index is 0.000000176. The Bertz CT molecular complexity index is 990. The van der Waals surface area contributed by atoms with Gasteiger partial charge in [-0.3, -0.25) is 0 Å². The summed E-state index contributed by atoms with van der Waals surface area (Å²) in [6.07, 6.45) is 3.70. The second-order valence-corrected chi connectivity index (χ2v) is 9.17. The summed E-state index contributed by atoms with van der Waals surface area (Å²) in [4.78, 5) is 22.1. The van der Waals surface area contributed by atoms with Crippen LogP contribution in [0.3, 0.4) is 0 Å². The van der Waals surface area contributed by atoms with Gasteiger partial charge in [-0.2, -0.15) is 0 Å². The Morgan fingerprint density at radius 3 is 1.74 bits per heavy atom. The molecule has 2 aliphatic heterocycles. The topological polar surface area (TPSA) is 82.1 Å². The summed E-state index contributed by atoms with van der Waals surface area (Å²) in [5, 5.41) is 8.85. The average Bonchev–Trinajstić information content (AvgIpc) is 2.71. The lowest BCUT2D eigenvalue weighted by Gasteiger charge is -2.32. The smallest absolute Gasteiger partial charge is 0.337 e. The highest BCUT2D eigenvalue weighted by Crippen LogP contribution is 2.34. The van der Waals surface area contributed by atoms with Crippen molar-refractivity contribution in [2.45, 2.75) is 64.6 Å². The van der Waals surface area contributed by atoms with Crippen molar-refractivity contribution in [3.63, 3.8) is 0 Å². The third-order valence-corrected chi connectivity index (χ3v) is 5.55. The maximum atomic E-state index is 11.4. The van der Waals surface area contributed by atoms with Crippen molar-refractivity contribution in [2.24, 2.45) is 0 Å². The minimum Gasteiger partial charge on any atom is -0.488 e. The van der Waals surface area contributed by atoms with Crippen LogP contribution in [-0.4, -0.2) is 35.4 Å². The molecule has 4 rings (SSSR count). The number of methoxy groups -OCH3 is 1. The molecule has 0 fully saturated rings. The van der Waals surface area contributed by atoms with E-state index in [1.165, 1.54) is 7.11 Å². The molecule has 2 aromatic carbocycles. The Morgan fingerprint density at radius 2 is 1.29 bits per heavy atom. The molecule has 0 radical (unpaired) electrons. The van der Waals surface area contributed by atoms with Crippen LogP contribution in [0.25, 0.3) is 0 Å². The van der Waals surface area contributed by atoms with Gasteiger partial charge in [-0.15, -0.1) is 0 Å². The number of hydrogen-bond acceptors (Lipinski definition) is 5. The van der Waals surface area contributed by atoms with Crippen molar-refractivity contribution < 1.29 is 28.9 Å². The van der Waals surface area contributed by atoms with E-state index < -0.39 is 5.97 Å². The molecular weight excluding hydrogens is 396 g/mol. The van der Waals surface area contributed by atoms with Crippen molar-refractivity contribution in [1.82, 2.24) is 0 Å². The first-order valence-electron chi connectivity index (χ1n) is 10.5. The van der Waals surface area contributed by atoms with Crippen LogP contribution < -0.4 is 9.47 Å². The van der Waals surface area contributed by atoms with Gasteiger partial charge in [-0.1, -0.05) is 0 Å². The van der Waals surface area contributed by atoms with E-state index >= 15 is 0 Å². The summed E-state index contributed by atoms with van der Waals surface area (Å²) in [5.74, 6) is 0.510. The molecule has 0 atom stereocenters. The number of benzene rings is 2. The molecule has 166 valence electrons. The van der Waals surface area contributed by atoms with Gasteiger partial charge in [0.15, 0.2) is 0 Å². The lowest BCUT2D eigenvalue weighted by molar-refractivity contribution is 0.0598. The summed E-state index contributed by atoms with van der Waals surface area (Å²) >= 11 is 0. The van der Waals surface area contributed by atoms with Gasteiger partial charge in [-0.05, 0) is 101 Å². The molecule has 0 saturated heterocycles. The van der Waals surface area contributed by atoms with E-state index in [1.807, 2.05) is 26.0 Å². The minimum absolute atomic E-state index is 0.111. The lowest BCUT2D eigenvalue weighted by Crippen LogP contribution is -2.32. The third-order valence-electron chi connectivity index (χ3n) is 5.55. The number of carboxylic acids is 1. The number of fused-ring (bicyclic) bond motifs is 2. The highest BCUT2D eigenvalue weighted by atomic mass is 16.5. The number of carboxylic acid groups (broad SMARTS) is 1. The molecular formula is C25H30O6. The maximum absolute atomic E-state index is 11.4. The number of ether oxygens (including phenoxy) is 3. The normalized spacial score (nSPS) is 17.5. The monoisotopic (exact) mass is 426 g/mol. The zero-order valence-corrected chi connectivity index (χ0v) is 18.8.